The molecule has 36 heavy (non-hydrogen) atoms. The van der Waals surface area contributed by atoms with Crippen LogP contribution in [0, 0.1) is 0 Å². The van der Waals surface area contributed by atoms with Crippen LogP contribution in [0.2, 0.25) is 0 Å². The number of hydrogen-bond donors (Lipinski definition) is 2. The number of esters is 1. The van der Waals surface area contributed by atoms with E-state index in [9.17, 15) is 23.1 Å². The number of aliphatic hydroxyl groups is 1. The summed E-state index contributed by atoms with van der Waals surface area (Å²) in [5, 5.41) is 14.1. The zero-order valence-electron chi connectivity index (χ0n) is 19.6. The van der Waals surface area contributed by atoms with Gasteiger partial charge in [-0.05, 0) is 65.5 Å². The van der Waals surface area contributed by atoms with Crippen LogP contribution in [0.25, 0.3) is 10.9 Å². The number of nitrogens with one attached hydrogen (secondary N) is 1. The predicted octanol–water partition coefficient (Wildman–Crippen LogP) is 4.04. The van der Waals surface area contributed by atoms with Crippen LogP contribution in [0.3, 0.4) is 0 Å². The molecule has 0 spiro atoms. The number of aromatic nitrogens is 1. The first-order valence-corrected chi connectivity index (χ1v) is 13.5. The number of methoxy groups -OCH3 is 1. The third-order valence-corrected chi connectivity index (χ3v) is 7.38. The highest BCUT2D eigenvalue weighted by Gasteiger charge is 2.20. The lowest BCUT2D eigenvalue weighted by atomic mass is 10.1. The van der Waals surface area contributed by atoms with Crippen molar-refractivity contribution in [3.05, 3.63) is 64.8 Å². The predicted molar refractivity (Wildman–Crippen MR) is 137 cm³/mol. The van der Waals surface area contributed by atoms with Crippen molar-refractivity contribution < 1.29 is 32.0 Å². The molecule has 1 aromatic heterocycles. The van der Waals surface area contributed by atoms with Crippen LogP contribution in [0.1, 0.15) is 43.9 Å². The third-order valence-electron chi connectivity index (χ3n) is 5.36. The van der Waals surface area contributed by atoms with E-state index < -0.39 is 16.2 Å². The molecule has 2 aromatic carbocycles. The molecule has 1 atom stereocenters. The maximum Gasteiger partial charge on any atom is 0.339 e. The van der Waals surface area contributed by atoms with Crippen molar-refractivity contribution >= 4 is 48.8 Å². The second kappa shape index (κ2) is 12.8. The van der Waals surface area contributed by atoms with E-state index in [1.807, 2.05) is 0 Å². The van der Waals surface area contributed by atoms with E-state index in [1.165, 1.54) is 25.3 Å². The number of rotatable bonds is 12. The molecule has 1 amide bonds. The van der Waals surface area contributed by atoms with Gasteiger partial charge >= 0.3 is 16.1 Å². The molecule has 11 heteroatoms. The minimum Gasteiger partial charge on any atom is -0.469 e. The SMILES string of the molecule is COC(=O)CCCCC(=O)NCCC(O)c1ccc2ccc(OS(=O)(=O)c3ccccc3)c(Br)c2n1. The average Bonchev–Trinajstić information content (AvgIpc) is 2.88. The number of ether oxygens (including phenoxy) is 1. The number of pyridine rings is 1. The fourth-order valence-corrected chi connectivity index (χ4v) is 5.00. The second-order valence-electron chi connectivity index (χ2n) is 7.97. The van der Waals surface area contributed by atoms with E-state index >= 15 is 0 Å². The molecular formula is C25H27BrN2O7S. The van der Waals surface area contributed by atoms with Gasteiger partial charge in [-0.15, -0.1) is 0 Å². The number of unbranched alkanes of at least 4 members (excludes halogenated alkanes) is 1. The van der Waals surface area contributed by atoms with E-state index in [-0.39, 0.29) is 48.3 Å². The van der Waals surface area contributed by atoms with Crippen molar-refractivity contribution in [1.82, 2.24) is 10.3 Å². The first-order valence-electron chi connectivity index (χ1n) is 11.3. The van der Waals surface area contributed by atoms with Gasteiger partial charge in [0.15, 0.2) is 5.75 Å². The molecule has 3 aromatic rings. The summed E-state index contributed by atoms with van der Waals surface area (Å²) in [7, 11) is -2.71. The van der Waals surface area contributed by atoms with Gasteiger partial charge in [0.25, 0.3) is 0 Å². The molecule has 0 saturated carbocycles. The number of nitrogens with zero attached hydrogens (tertiary/aromatic N) is 1. The summed E-state index contributed by atoms with van der Waals surface area (Å²) < 4.78 is 35.4. The highest BCUT2D eigenvalue weighted by Crippen LogP contribution is 2.34. The number of aliphatic hydroxyl groups excluding tert-OH is 1. The van der Waals surface area contributed by atoms with Crippen LogP contribution in [0.4, 0.5) is 0 Å². The van der Waals surface area contributed by atoms with Crippen molar-refractivity contribution in [2.75, 3.05) is 13.7 Å². The Morgan fingerprint density at radius 2 is 1.75 bits per heavy atom. The molecule has 9 nitrogen and oxygen atoms in total. The van der Waals surface area contributed by atoms with Gasteiger partial charge in [0, 0.05) is 24.8 Å². The van der Waals surface area contributed by atoms with Gasteiger partial charge in [-0.3, -0.25) is 9.59 Å². The Hall–Kier alpha value is -3.02. The zero-order chi connectivity index (χ0) is 26.1. The summed E-state index contributed by atoms with van der Waals surface area (Å²) in [5.74, 6) is -0.391. The van der Waals surface area contributed by atoms with Crippen molar-refractivity contribution in [2.24, 2.45) is 0 Å². The Balaban J connectivity index is 1.61. The van der Waals surface area contributed by atoms with Crippen molar-refractivity contribution in [3.63, 3.8) is 0 Å². The van der Waals surface area contributed by atoms with Gasteiger partial charge < -0.3 is 19.3 Å². The zero-order valence-corrected chi connectivity index (χ0v) is 22.0. The molecule has 0 aliphatic heterocycles. The van der Waals surface area contributed by atoms with Crippen molar-refractivity contribution in [1.29, 1.82) is 0 Å². The smallest absolute Gasteiger partial charge is 0.339 e. The molecule has 0 saturated heterocycles. The Bertz CT molecular complexity index is 1320. The Labute approximate surface area is 218 Å². The van der Waals surface area contributed by atoms with Gasteiger partial charge in [-0.2, -0.15) is 8.42 Å². The molecule has 2 N–H and O–H groups in total. The number of carbonyl (C=O) groups excluding carboxylic acids is 2. The lowest BCUT2D eigenvalue weighted by Gasteiger charge is -2.14. The topological polar surface area (TPSA) is 132 Å². The van der Waals surface area contributed by atoms with Gasteiger partial charge in [-0.25, -0.2) is 4.98 Å². The number of hydrogen-bond acceptors (Lipinski definition) is 8. The summed E-state index contributed by atoms with van der Waals surface area (Å²) in [6, 6.07) is 14.5. The largest absolute Gasteiger partial charge is 0.469 e. The maximum atomic E-state index is 12.6. The Morgan fingerprint density at radius 1 is 1.06 bits per heavy atom. The van der Waals surface area contributed by atoms with E-state index in [4.69, 9.17) is 4.18 Å². The van der Waals surface area contributed by atoms with Crippen LogP contribution in [-0.4, -0.2) is 44.0 Å². The molecule has 1 unspecified atom stereocenters. The molecule has 192 valence electrons. The minimum absolute atomic E-state index is 0.0274. The van der Waals surface area contributed by atoms with E-state index in [1.54, 1.807) is 36.4 Å². The van der Waals surface area contributed by atoms with E-state index in [0.717, 1.165) is 5.39 Å². The second-order valence-corrected chi connectivity index (χ2v) is 10.3. The summed E-state index contributed by atoms with van der Waals surface area (Å²) in [6.45, 7) is 0.246. The van der Waals surface area contributed by atoms with Crippen LogP contribution in [0.15, 0.2) is 64.0 Å². The van der Waals surface area contributed by atoms with Gasteiger partial charge in [0.2, 0.25) is 5.91 Å². The van der Waals surface area contributed by atoms with Gasteiger partial charge in [0.05, 0.1) is 28.9 Å². The third kappa shape index (κ3) is 7.49. The Morgan fingerprint density at radius 3 is 2.47 bits per heavy atom. The van der Waals surface area contributed by atoms with Gasteiger partial charge in [-0.1, -0.05) is 24.3 Å². The minimum atomic E-state index is -4.04. The molecule has 0 fully saturated rings. The monoisotopic (exact) mass is 578 g/mol. The first-order chi connectivity index (χ1) is 17.2. The van der Waals surface area contributed by atoms with Crippen LogP contribution in [0.5, 0.6) is 5.75 Å². The Kier molecular flexibility index (Phi) is 9.80. The first kappa shape index (κ1) is 27.6. The molecule has 0 radical (unpaired) electrons. The maximum absolute atomic E-state index is 12.6. The number of fused-ring (bicyclic) bond motifs is 1. The number of halogens is 1. The molecular weight excluding hydrogens is 552 g/mol. The molecule has 0 aliphatic rings. The standard InChI is InChI=1S/C25H27BrN2O7S/c1-34-23(31)10-6-5-9-22(30)27-16-15-20(29)19-13-11-17-12-14-21(24(26)25(17)28-19)35-36(32,33)18-7-3-2-4-8-18/h2-4,7-8,11-14,20,29H,5-6,9-10,15-16H2,1H3,(H,27,30). The van der Waals surface area contributed by atoms with Crippen LogP contribution >= 0.6 is 15.9 Å². The summed E-state index contributed by atoms with van der Waals surface area (Å²) in [5.41, 5.74) is 0.806. The normalized spacial score (nSPS) is 12.2. The summed E-state index contributed by atoms with van der Waals surface area (Å²) in [4.78, 5) is 27.6. The molecule has 0 bridgehead atoms. The van der Waals surface area contributed by atoms with Gasteiger partial charge in [0.1, 0.15) is 4.90 Å². The lowest BCUT2D eigenvalue weighted by molar-refractivity contribution is -0.140. The lowest BCUT2D eigenvalue weighted by Crippen LogP contribution is -2.25. The van der Waals surface area contributed by atoms with Crippen molar-refractivity contribution in [2.45, 2.75) is 43.1 Å². The summed E-state index contributed by atoms with van der Waals surface area (Å²) in [6.07, 6.45) is 0.978. The van der Waals surface area contributed by atoms with Crippen molar-refractivity contribution in [3.8, 4) is 5.75 Å². The van der Waals surface area contributed by atoms with E-state index in [0.29, 0.717) is 28.5 Å². The molecule has 1 heterocycles. The number of benzene rings is 2. The number of carbonyl (C=O) groups is 2. The van der Waals surface area contributed by atoms with Crippen LogP contribution < -0.4 is 9.50 Å². The van der Waals surface area contributed by atoms with E-state index in [2.05, 4.69) is 31.0 Å². The quantitative estimate of drug-likeness (QED) is 0.187. The highest BCUT2D eigenvalue weighted by molar-refractivity contribution is 9.10. The fraction of sp³-hybridized carbons (Fsp3) is 0.320. The molecule has 3 rings (SSSR count). The fourth-order valence-electron chi connectivity index (χ4n) is 3.40. The number of amides is 1. The molecule has 0 aliphatic carbocycles. The average molecular weight is 579 g/mol. The highest BCUT2D eigenvalue weighted by atomic mass is 79.9. The van der Waals surface area contributed by atoms with Crippen LogP contribution in [-0.2, 0) is 24.4 Å². The summed E-state index contributed by atoms with van der Waals surface area (Å²) >= 11 is 3.39.